The molecule has 0 bridgehead atoms. The summed E-state index contributed by atoms with van der Waals surface area (Å²) >= 11 is 5.66. The molecule has 14 nitrogen and oxygen atoms in total. The number of para-hydroxylation sites is 1. The lowest BCUT2D eigenvalue weighted by atomic mass is 9.93. The van der Waals surface area contributed by atoms with Gasteiger partial charge in [-0.2, -0.15) is 0 Å². The number of allylic oxidation sites excluding steroid dienone is 1. The van der Waals surface area contributed by atoms with E-state index in [0.29, 0.717) is 11.4 Å². The number of nitrogens with one attached hydrogen (secondary N) is 2. The Morgan fingerprint density at radius 2 is 2.08 bits per heavy atom. The fourth-order valence-corrected chi connectivity index (χ4v) is 6.19. The van der Waals surface area contributed by atoms with E-state index in [9.17, 15) is 25.3 Å². The third-order valence-electron chi connectivity index (χ3n) is 5.67. The minimum absolute atomic E-state index is 0.300. The highest BCUT2D eigenvalue weighted by Gasteiger charge is 2.64. The molecule has 6 atom stereocenters. The lowest BCUT2D eigenvalue weighted by Crippen LogP contribution is -2.56. The second kappa shape index (κ2) is 12.0. The molecule has 4 N–H and O–H groups in total. The Labute approximate surface area is 230 Å². The molecule has 0 radical (unpaired) electrons. The number of carbonyl (C=O) groups excluding carboxylic acids is 2. The van der Waals surface area contributed by atoms with Gasteiger partial charge in [-0.1, -0.05) is 29.9 Å². The summed E-state index contributed by atoms with van der Waals surface area (Å²) < 4.78 is 22.9. The lowest BCUT2D eigenvalue weighted by Gasteiger charge is -2.35. The quantitative estimate of drug-likeness (QED) is 0.0993. The molecular weight excluding hydrogens is 551 g/mol. The largest absolute Gasteiger partial charge is 0.462 e. The van der Waals surface area contributed by atoms with Crippen molar-refractivity contribution < 1.29 is 38.3 Å². The Morgan fingerprint density at radius 1 is 1.41 bits per heavy atom. The monoisotopic (exact) mass is 582 g/mol. The summed E-state index contributed by atoms with van der Waals surface area (Å²) in [5, 5.41) is 31.2. The molecule has 0 saturated carbocycles. The molecule has 0 spiro atoms. The number of hydrogen-bond donors (Lipinski definition) is 4. The van der Waals surface area contributed by atoms with Crippen molar-refractivity contribution in [1.82, 2.24) is 15.3 Å². The van der Waals surface area contributed by atoms with E-state index in [1.807, 2.05) is 0 Å². The average Bonchev–Trinajstić information content (AvgIpc) is 3.04. The smallest absolute Gasteiger partial charge is 0.328 e. The highest BCUT2D eigenvalue weighted by Crippen LogP contribution is 2.49. The molecule has 2 aliphatic rings. The molecule has 39 heavy (non-hydrogen) atoms. The van der Waals surface area contributed by atoms with Gasteiger partial charge in [0.05, 0.1) is 12.7 Å². The number of hydrogen-bond acceptors (Lipinski definition) is 10. The van der Waals surface area contributed by atoms with Gasteiger partial charge < -0.3 is 34.1 Å². The molecule has 2 amide bonds. The first kappa shape index (κ1) is 30.5. The third kappa shape index (κ3) is 6.96. The first-order valence-electron chi connectivity index (χ1n) is 11.8. The molecule has 2 unspecified atom stereocenters. The zero-order chi connectivity index (χ0) is 29.0. The molecular formula is C23H31N6O8PS. The van der Waals surface area contributed by atoms with E-state index in [0.717, 1.165) is 4.90 Å². The molecule has 1 aromatic rings. The molecule has 3 rings (SSSR count). The van der Waals surface area contributed by atoms with Crippen molar-refractivity contribution in [3.8, 4) is 5.75 Å². The number of carbonyl (C=O) groups is 2. The van der Waals surface area contributed by atoms with Crippen LogP contribution in [0.1, 0.15) is 27.7 Å². The van der Waals surface area contributed by atoms with Crippen LogP contribution in [0.2, 0.25) is 0 Å². The molecule has 1 saturated heterocycles. The highest BCUT2D eigenvalue weighted by atomic mass is 32.5. The van der Waals surface area contributed by atoms with Gasteiger partial charge in [-0.05, 0) is 63.2 Å². The van der Waals surface area contributed by atoms with E-state index in [2.05, 4.69) is 27.0 Å². The SMILES string of the molecule is C=C1C=CN([C@@H]2O[C@@](COP(=S)(NC(C)C(=O)OC(C)C)Oc3ccccc3)(N=[N+]=[N-])[C@@H](O)[C@@]2(C)O)C(=O)N1. The van der Waals surface area contributed by atoms with Gasteiger partial charge in [-0.15, -0.1) is 0 Å². The summed E-state index contributed by atoms with van der Waals surface area (Å²) in [6.45, 7) is 5.36. The van der Waals surface area contributed by atoms with Gasteiger partial charge in [-0.25, -0.2) is 9.88 Å². The summed E-state index contributed by atoms with van der Waals surface area (Å²) in [6, 6.07) is 6.71. The van der Waals surface area contributed by atoms with Crippen LogP contribution in [-0.4, -0.2) is 69.5 Å². The van der Waals surface area contributed by atoms with E-state index in [1.165, 1.54) is 26.1 Å². The minimum Gasteiger partial charge on any atom is -0.462 e. The Balaban J connectivity index is 1.92. The summed E-state index contributed by atoms with van der Waals surface area (Å²) in [5.41, 5.74) is 5.23. The van der Waals surface area contributed by atoms with Crippen molar-refractivity contribution >= 4 is 30.4 Å². The van der Waals surface area contributed by atoms with Crippen LogP contribution in [0, 0.1) is 0 Å². The van der Waals surface area contributed by atoms with Crippen LogP contribution < -0.4 is 14.9 Å². The standard InChI is InChI=1S/C23H31N6O8PS/c1-14(2)35-18(30)16(4)26-38(39,37-17-9-7-6-8-10-17)34-13-23(27-28-24)19(31)22(5,33)20(36-23)29-12-11-15(3)25-21(29)32/h6-12,14,16,19-20,31,33H,3,13H2,1-2,4-5H3,(H,25,32)(H,26,39)/t16?,19-,20+,22+,23+,38?/m0/s1. The van der Waals surface area contributed by atoms with Crippen molar-refractivity contribution in [3.63, 3.8) is 0 Å². The van der Waals surface area contributed by atoms with Crippen LogP contribution in [0.5, 0.6) is 5.75 Å². The van der Waals surface area contributed by atoms with Gasteiger partial charge in [0.15, 0.2) is 6.23 Å². The Bertz CT molecular complexity index is 1220. The zero-order valence-electron chi connectivity index (χ0n) is 21.8. The number of rotatable bonds is 11. The predicted molar refractivity (Wildman–Crippen MR) is 143 cm³/mol. The predicted octanol–water partition coefficient (Wildman–Crippen LogP) is 2.76. The summed E-state index contributed by atoms with van der Waals surface area (Å²) in [4.78, 5) is 28.8. The number of benzene rings is 1. The molecule has 0 aliphatic carbocycles. The summed E-state index contributed by atoms with van der Waals surface area (Å²) in [7, 11) is 0. The second-order valence-electron chi connectivity index (χ2n) is 9.32. The Morgan fingerprint density at radius 3 is 2.67 bits per heavy atom. The normalized spacial score (nSPS) is 28.8. The van der Waals surface area contributed by atoms with Crippen LogP contribution in [-0.2, 0) is 30.6 Å². The van der Waals surface area contributed by atoms with Crippen LogP contribution in [0.3, 0.4) is 0 Å². The van der Waals surface area contributed by atoms with Crippen LogP contribution in [0.4, 0.5) is 4.79 Å². The number of amides is 2. The van der Waals surface area contributed by atoms with Crippen LogP contribution >= 0.6 is 6.64 Å². The topological polar surface area (TPSA) is 188 Å². The van der Waals surface area contributed by atoms with E-state index in [1.54, 1.807) is 44.2 Å². The number of urea groups is 1. The van der Waals surface area contributed by atoms with Crippen molar-refractivity contribution in [1.29, 1.82) is 0 Å². The Hall–Kier alpha value is -3.00. The number of azide groups is 1. The number of esters is 1. The zero-order valence-corrected chi connectivity index (χ0v) is 23.5. The van der Waals surface area contributed by atoms with Crippen molar-refractivity contribution in [3.05, 3.63) is 65.3 Å². The van der Waals surface area contributed by atoms with Gasteiger partial charge in [0, 0.05) is 16.8 Å². The van der Waals surface area contributed by atoms with Crippen molar-refractivity contribution in [2.45, 2.75) is 63.5 Å². The fourth-order valence-electron chi connectivity index (χ4n) is 3.78. The fraction of sp³-hybridized carbons (Fsp3) is 0.478. The first-order chi connectivity index (χ1) is 18.2. The van der Waals surface area contributed by atoms with Gasteiger partial charge in [0.2, 0.25) is 5.72 Å². The van der Waals surface area contributed by atoms with Gasteiger partial charge in [0.25, 0.3) is 0 Å². The number of aliphatic hydroxyl groups is 2. The van der Waals surface area contributed by atoms with Gasteiger partial charge >= 0.3 is 18.6 Å². The average molecular weight is 583 g/mol. The number of ether oxygens (including phenoxy) is 2. The van der Waals surface area contributed by atoms with Crippen molar-refractivity contribution in [2.75, 3.05) is 6.61 Å². The summed E-state index contributed by atoms with van der Waals surface area (Å²) in [5.74, 6) is -0.308. The van der Waals surface area contributed by atoms with Crippen molar-refractivity contribution in [2.24, 2.45) is 5.11 Å². The van der Waals surface area contributed by atoms with E-state index < -0.39 is 54.9 Å². The van der Waals surface area contributed by atoms with Gasteiger partial charge in [-0.3, -0.25) is 9.69 Å². The third-order valence-corrected chi connectivity index (χ3v) is 8.15. The summed E-state index contributed by atoms with van der Waals surface area (Å²) in [6.07, 6.45) is -1.03. The maximum Gasteiger partial charge on any atom is 0.328 e. The van der Waals surface area contributed by atoms with Gasteiger partial charge in [0.1, 0.15) is 23.5 Å². The second-order valence-corrected chi connectivity index (χ2v) is 12.5. The molecule has 2 heterocycles. The molecule has 1 aromatic carbocycles. The lowest BCUT2D eigenvalue weighted by molar-refractivity contribution is -0.149. The molecule has 16 heteroatoms. The van der Waals surface area contributed by atoms with Crippen LogP contribution in [0.25, 0.3) is 10.4 Å². The van der Waals surface area contributed by atoms with Crippen LogP contribution in [0.15, 0.2) is 60.0 Å². The van der Waals surface area contributed by atoms with E-state index >= 15 is 0 Å². The number of nitrogens with zero attached hydrogens (tertiary/aromatic N) is 4. The molecule has 0 aromatic heterocycles. The molecule has 2 aliphatic heterocycles. The molecule has 1 fully saturated rings. The van der Waals surface area contributed by atoms with E-state index in [-0.39, 0.29) is 6.10 Å². The maximum atomic E-state index is 12.5. The minimum atomic E-state index is -3.65. The molecule has 212 valence electrons. The Kier molecular flexibility index (Phi) is 9.42. The van der Waals surface area contributed by atoms with E-state index in [4.69, 9.17) is 30.3 Å². The number of aliphatic hydroxyl groups excluding tert-OH is 1. The first-order valence-corrected chi connectivity index (χ1v) is 14.5. The highest BCUT2D eigenvalue weighted by molar-refractivity contribution is 8.09. The maximum absolute atomic E-state index is 12.5.